The molecule has 0 bridgehead atoms. The molecule has 0 saturated carbocycles. The second-order valence-electron chi connectivity index (χ2n) is 6.41. The fourth-order valence-electron chi connectivity index (χ4n) is 2.28. The van der Waals surface area contributed by atoms with Gasteiger partial charge in [0.2, 0.25) is 5.89 Å². The van der Waals surface area contributed by atoms with Crippen LogP contribution in [-0.2, 0) is 6.42 Å². The van der Waals surface area contributed by atoms with Crippen molar-refractivity contribution in [2.24, 2.45) is 4.99 Å². The average molecular weight is 491 g/mol. The molecular weight excluding hydrogens is 461 g/mol. The number of hydrogen-bond donors (Lipinski definition) is 2. The number of rotatable bonds is 9. The highest BCUT2D eigenvalue weighted by Gasteiger charge is 2.09. The van der Waals surface area contributed by atoms with Crippen molar-refractivity contribution in [3.8, 4) is 0 Å². The average Bonchev–Trinajstić information content (AvgIpc) is 3.27. The molecular formula is C18H30IN5OS. The van der Waals surface area contributed by atoms with Gasteiger partial charge in [-0.1, -0.05) is 25.9 Å². The molecule has 146 valence electrons. The van der Waals surface area contributed by atoms with Crippen molar-refractivity contribution in [1.82, 2.24) is 20.8 Å². The minimum atomic E-state index is 0. The monoisotopic (exact) mass is 491 g/mol. The van der Waals surface area contributed by atoms with Crippen LogP contribution in [0.5, 0.6) is 0 Å². The molecule has 0 radical (unpaired) electrons. The molecule has 1 unspecified atom stereocenters. The van der Waals surface area contributed by atoms with Gasteiger partial charge in [-0.3, -0.25) is 4.99 Å². The van der Waals surface area contributed by atoms with Gasteiger partial charge >= 0.3 is 0 Å². The molecule has 2 N–H and O–H groups in total. The van der Waals surface area contributed by atoms with E-state index in [1.807, 2.05) is 0 Å². The lowest BCUT2D eigenvalue weighted by molar-refractivity contribution is 0.368. The molecule has 0 saturated heterocycles. The summed E-state index contributed by atoms with van der Waals surface area (Å²) >= 11 is 1.73. The van der Waals surface area contributed by atoms with Crippen molar-refractivity contribution in [3.63, 3.8) is 0 Å². The lowest BCUT2D eigenvalue weighted by atomic mass is 10.1. The van der Waals surface area contributed by atoms with Crippen LogP contribution in [0.1, 0.15) is 63.2 Å². The van der Waals surface area contributed by atoms with Gasteiger partial charge in [-0.05, 0) is 35.7 Å². The Morgan fingerprint density at radius 3 is 2.73 bits per heavy atom. The molecule has 0 aromatic carbocycles. The zero-order valence-electron chi connectivity index (χ0n) is 16.0. The number of guanidine groups is 1. The molecule has 0 fully saturated rings. The molecule has 6 nitrogen and oxygen atoms in total. The van der Waals surface area contributed by atoms with Gasteiger partial charge in [0.05, 0.1) is 0 Å². The maximum absolute atomic E-state index is 5.27. The highest BCUT2D eigenvalue weighted by molar-refractivity contribution is 14.0. The Labute approximate surface area is 177 Å². The van der Waals surface area contributed by atoms with E-state index in [2.05, 4.69) is 70.3 Å². The Morgan fingerprint density at radius 1 is 1.31 bits per heavy atom. The third kappa shape index (κ3) is 7.61. The number of nitrogens with zero attached hydrogens (tertiary/aromatic N) is 3. The van der Waals surface area contributed by atoms with Crippen LogP contribution in [0, 0.1) is 0 Å². The molecule has 8 heteroatoms. The van der Waals surface area contributed by atoms with Gasteiger partial charge in [-0.25, -0.2) is 0 Å². The number of thiophene rings is 1. The Morgan fingerprint density at radius 2 is 2.12 bits per heavy atom. The van der Waals surface area contributed by atoms with Gasteiger partial charge in [0.25, 0.3) is 0 Å². The number of nitrogens with one attached hydrogen (secondary N) is 2. The van der Waals surface area contributed by atoms with Gasteiger partial charge in [-0.15, -0.1) is 24.0 Å². The summed E-state index contributed by atoms with van der Waals surface area (Å²) in [6.07, 6.45) is 1.70. The van der Waals surface area contributed by atoms with Crippen LogP contribution in [0.2, 0.25) is 0 Å². The SMILES string of the molecule is CCNC(=NCC(C)c1ccsc1)NCCCc1nc(C(C)C)no1.I. The van der Waals surface area contributed by atoms with Crippen LogP contribution in [0.3, 0.4) is 0 Å². The van der Waals surface area contributed by atoms with Crippen LogP contribution in [0.4, 0.5) is 0 Å². The summed E-state index contributed by atoms with van der Waals surface area (Å²) in [6, 6.07) is 2.17. The summed E-state index contributed by atoms with van der Waals surface area (Å²) in [5, 5.41) is 15.0. The van der Waals surface area contributed by atoms with Crippen molar-refractivity contribution < 1.29 is 4.52 Å². The highest BCUT2D eigenvalue weighted by atomic mass is 127. The number of hydrogen-bond acceptors (Lipinski definition) is 5. The van der Waals surface area contributed by atoms with Crippen LogP contribution in [0.15, 0.2) is 26.3 Å². The fraction of sp³-hybridized carbons (Fsp3) is 0.611. The Hall–Kier alpha value is -1.16. The molecule has 0 spiro atoms. The molecule has 0 amide bonds. The summed E-state index contributed by atoms with van der Waals surface area (Å²) < 4.78 is 5.27. The Kier molecular flexibility index (Phi) is 10.8. The lowest BCUT2D eigenvalue weighted by Gasteiger charge is -2.12. The highest BCUT2D eigenvalue weighted by Crippen LogP contribution is 2.18. The van der Waals surface area contributed by atoms with E-state index in [1.165, 1.54) is 5.56 Å². The maximum atomic E-state index is 5.27. The van der Waals surface area contributed by atoms with Gasteiger partial charge in [-0.2, -0.15) is 16.3 Å². The molecule has 2 aromatic rings. The predicted molar refractivity (Wildman–Crippen MR) is 119 cm³/mol. The Bertz CT molecular complexity index is 642. The molecule has 0 aliphatic carbocycles. The number of aromatic nitrogens is 2. The molecule has 0 aliphatic rings. The first-order valence-electron chi connectivity index (χ1n) is 8.96. The lowest BCUT2D eigenvalue weighted by Crippen LogP contribution is -2.38. The maximum Gasteiger partial charge on any atom is 0.226 e. The van der Waals surface area contributed by atoms with Crippen molar-refractivity contribution in [2.75, 3.05) is 19.6 Å². The van der Waals surface area contributed by atoms with Crippen LogP contribution < -0.4 is 10.6 Å². The zero-order chi connectivity index (χ0) is 18.1. The van der Waals surface area contributed by atoms with E-state index < -0.39 is 0 Å². The largest absolute Gasteiger partial charge is 0.357 e. The first-order chi connectivity index (χ1) is 12.1. The summed E-state index contributed by atoms with van der Waals surface area (Å²) in [7, 11) is 0. The standard InChI is InChI=1S/C18H29N5OS.HI/c1-5-19-18(21-11-14(4)15-8-10-25-12-15)20-9-6-7-16-22-17(13(2)3)23-24-16;/h8,10,12-14H,5-7,9,11H2,1-4H3,(H2,19,20,21);1H. The number of aliphatic imine (C=N–C) groups is 1. The minimum Gasteiger partial charge on any atom is -0.357 e. The van der Waals surface area contributed by atoms with E-state index in [0.717, 1.165) is 44.3 Å². The van der Waals surface area contributed by atoms with E-state index >= 15 is 0 Å². The number of halogens is 1. The third-order valence-electron chi connectivity index (χ3n) is 3.84. The fourth-order valence-corrected chi connectivity index (χ4v) is 3.06. The first-order valence-corrected chi connectivity index (χ1v) is 9.91. The van der Waals surface area contributed by atoms with Gasteiger partial charge in [0.15, 0.2) is 11.8 Å². The van der Waals surface area contributed by atoms with Crippen LogP contribution in [0.25, 0.3) is 0 Å². The van der Waals surface area contributed by atoms with Crippen molar-refractivity contribution in [1.29, 1.82) is 0 Å². The topological polar surface area (TPSA) is 75.3 Å². The van der Waals surface area contributed by atoms with Gasteiger partial charge < -0.3 is 15.2 Å². The smallest absolute Gasteiger partial charge is 0.226 e. The predicted octanol–water partition coefficient (Wildman–Crippen LogP) is 4.16. The quantitative estimate of drug-likeness (QED) is 0.239. The van der Waals surface area contributed by atoms with Gasteiger partial charge in [0, 0.05) is 37.9 Å². The number of aryl methyl sites for hydroxylation is 1. The Balaban J connectivity index is 0.00000338. The normalized spacial score (nSPS) is 12.7. The molecule has 1 atom stereocenters. The molecule has 2 heterocycles. The second-order valence-corrected chi connectivity index (χ2v) is 7.19. The molecule has 0 aliphatic heterocycles. The minimum absolute atomic E-state index is 0. The van der Waals surface area contributed by atoms with E-state index in [4.69, 9.17) is 4.52 Å². The third-order valence-corrected chi connectivity index (χ3v) is 4.54. The van der Waals surface area contributed by atoms with Crippen LogP contribution >= 0.6 is 35.3 Å². The van der Waals surface area contributed by atoms with Gasteiger partial charge in [0.1, 0.15) is 0 Å². The van der Waals surface area contributed by atoms with E-state index in [-0.39, 0.29) is 24.0 Å². The first kappa shape index (κ1) is 22.9. The van der Waals surface area contributed by atoms with Crippen LogP contribution in [-0.4, -0.2) is 35.7 Å². The molecule has 2 rings (SSSR count). The molecule has 2 aromatic heterocycles. The summed E-state index contributed by atoms with van der Waals surface area (Å²) in [5.74, 6) is 3.07. The summed E-state index contributed by atoms with van der Waals surface area (Å²) in [6.45, 7) is 10.8. The molecule has 26 heavy (non-hydrogen) atoms. The van der Waals surface area contributed by atoms with E-state index in [9.17, 15) is 0 Å². The van der Waals surface area contributed by atoms with E-state index in [1.54, 1.807) is 11.3 Å². The summed E-state index contributed by atoms with van der Waals surface area (Å²) in [4.78, 5) is 9.09. The van der Waals surface area contributed by atoms with E-state index in [0.29, 0.717) is 17.7 Å². The summed E-state index contributed by atoms with van der Waals surface area (Å²) in [5.41, 5.74) is 1.35. The van der Waals surface area contributed by atoms with Crippen molar-refractivity contribution >= 4 is 41.3 Å². The second kappa shape index (κ2) is 12.3. The zero-order valence-corrected chi connectivity index (χ0v) is 19.1. The van der Waals surface area contributed by atoms with Crippen molar-refractivity contribution in [3.05, 3.63) is 34.1 Å². The van der Waals surface area contributed by atoms with Crippen molar-refractivity contribution in [2.45, 2.75) is 52.4 Å².